The maximum Gasteiger partial charge on any atom is 0.480 e. The Balaban J connectivity index is 2.58. The third kappa shape index (κ3) is 10.2. The standard InChI is InChI=1S/C37H63BO5Si3/c1-30(34(27-28-38(39)40)43-45(13,14)36(5,6)7)33(42-44(11,12)35(2,3)4)26-21-29-41-46(37(8,9)10,31-22-17-15-18-23-31)32-24-19-16-20-25-32/h15-28,30,33-34,39-40H,29H2,1-14H3/b26-21+,28-27+/t30-,33-,34-/m0/s1. The molecule has 0 aliphatic rings. The second-order valence-electron chi connectivity index (χ2n) is 16.7. The van der Waals surface area contributed by atoms with E-state index in [1.54, 1.807) is 0 Å². The van der Waals surface area contributed by atoms with E-state index in [2.05, 4.69) is 168 Å². The number of hydrogen-bond donors (Lipinski definition) is 2. The van der Waals surface area contributed by atoms with E-state index in [1.165, 1.54) is 16.3 Å². The van der Waals surface area contributed by atoms with Crippen molar-refractivity contribution in [1.29, 1.82) is 0 Å². The molecule has 0 aromatic heterocycles. The summed E-state index contributed by atoms with van der Waals surface area (Å²) in [6.07, 6.45) is 5.47. The van der Waals surface area contributed by atoms with Crippen LogP contribution < -0.4 is 10.4 Å². The fraction of sp³-hybridized carbons (Fsp3) is 0.568. The zero-order valence-electron chi connectivity index (χ0n) is 31.2. The van der Waals surface area contributed by atoms with Crippen LogP contribution in [0.15, 0.2) is 84.9 Å². The summed E-state index contributed by atoms with van der Waals surface area (Å²) < 4.78 is 21.2. The highest BCUT2D eigenvalue weighted by atomic mass is 28.4. The van der Waals surface area contributed by atoms with E-state index < -0.39 is 32.1 Å². The number of rotatable bonds is 14. The van der Waals surface area contributed by atoms with Crippen molar-refractivity contribution in [2.45, 2.75) is 123 Å². The van der Waals surface area contributed by atoms with E-state index in [0.717, 1.165) is 0 Å². The average molecular weight is 683 g/mol. The number of benzene rings is 2. The highest BCUT2D eigenvalue weighted by Crippen LogP contribution is 2.41. The summed E-state index contributed by atoms with van der Waals surface area (Å²) in [6, 6.07) is 21.4. The first-order chi connectivity index (χ1) is 21.0. The van der Waals surface area contributed by atoms with Crippen LogP contribution in [-0.4, -0.2) is 60.9 Å². The van der Waals surface area contributed by atoms with E-state index in [1.807, 2.05) is 6.08 Å². The first-order valence-corrected chi connectivity index (χ1v) is 24.5. The molecule has 46 heavy (non-hydrogen) atoms. The van der Waals surface area contributed by atoms with Gasteiger partial charge in [0.25, 0.3) is 8.32 Å². The Morgan fingerprint density at radius 1 is 0.652 bits per heavy atom. The summed E-state index contributed by atoms with van der Waals surface area (Å²) in [5.74, 6) is 1.32. The normalized spacial score (nSPS) is 16.2. The van der Waals surface area contributed by atoms with Gasteiger partial charge in [-0.25, -0.2) is 0 Å². The Hall–Kier alpha value is -1.56. The summed E-state index contributed by atoms with van der Waals surface area (Å²) in [4.78, 5) is 0. The van der Waals surface area contributed by atoms with Crippen molar-refractivity contribution >= 4 is 42.4 Å². The highest BCUT2D eigenvalue weighted by Gasteiger charge is 2.50. The molecule has 256 valence electrons. The van der Waals surface area contributed by atoms with Crippen molar-refractivity contribution in [2.24, 2.45) is 5.92 Å². The van der Waals surface area contributed by atoms with Crippen LogP contribution in [0.3, 0.4) is 0 Å². The molecule has 0 aliphatic carbocycles. The maximum absolute atomic E-state index is 9.75. The van der Waals surface area contributed by atoms with Gasteiger partial charge in [-0.2, -0.15) is 0 Å². The number of hydrogen-bond acceptors (Lipinski definition) is 5. The Bertz CT molecular complexity index is 1220. The smallest absolute Gasteiger partial charge is 0.424 e. The zero-order valence-corrected chi connectivity index (χ0v) is 34.2. The van der Waals surface area contributed by atoms with Crippen LogP contribution in [0, 0.1) is 5.92 Å². The molecule has 2 aromatic carbocycles. The molecule has 0 saturated carbocycles. The predicted octanol–water partition coefficient (Wildman–Crippen LogP) is 8.10. The van der Waals surface area contributed by atoms with Crippen LogP contribution >= 0.6 is 0 Å². The van der Waals surface area contributed by atoms with Gasteiger partial charge in [0.2, 0.25) is 0 Å². The van der Waals surface area contributed by atoms with Gasteiger partial charge in [0.15, 0.2) is 16.6 Å². The molecule has 0 fully saturated rings. The van der Waals surface area contributed by atoms with E-state index in [4.69, 9.17) is 13.3 Å². The van der Waals surface area contributed by atoms with Gasteiger partial charge in [-0.05, 0) is 51.7 Å². The molecule has 3 atom stereocenters. The molecule has 0 aliphatic heterocycles. The van der Waals surface area contributed by atoms with Gasteiger partial charge in [0, 0.05) is 5.92 Å². The van der Waals surface area contributed by atoms with Crippen molar-refractivity contribution in [3.05, 3.63) is 84.9 Å². The Morgan fingerprint density at radius 2 is 1.04 bits per heavy atom. The van der Waals surface area contributed by atoms with Crippen molar-refractivity contribution in [3.63, 3.8) is 0 Å². The lowest BCUT2D eigenvalue weighted by molar-refractivity contribution is 0.0833. The van der Waals surface area contributed by atoms with Gasteiger partial charge in [0.05, 0.1) is 18.8 Å². The molecule has 5 nitrogen and oxygen atoms in total. The van der Waals surface area contributed by atoms with E-state index >= 15 is 0 Å². The Morgan fingerprint density at radius 3 is 1.39 bits per heavy atom. The van der Waals surface area contributed by atoms with Crippen LogP contribution in [0.2, 0.25) is 41.3 Å². The molecular weight excluding hydrogens is 619 g/mol. The van der Waals surface area contributed by atoms with Gasteiger partial charge in [-0.15, -0.1) is 0 Å². The van der Waals surface area contributed by atoms with Crippen LogP contribution in [0.5, 0.6) is 0 Å². The van der Waals surface area contributed by atoms with Crippen LogP contribution in [0.25, 0.3) is 0 Å². The highest BCUT2D eigenvalue weighted by molar-refractivity contribution is 6.99. The van der Waals surface area contributed by atoms with Gasteiger partial charge in [0.1, 0.15) is 0 Å². The van der Waals surface area contributed by atoms with Gasteiger partial charge < -0.3 is 23.3 Å². The first kappa shape index (κ1) is 40.6. The molecule has 0 bridgehead atoms. The Labute approximate surface area is 285 Å². The molecule has 9 heteroatoms. The molecule has 0 heterocycles. The van der Waals surface area contributed by atoms with E-state index in [9.17, 15) is 10.0 Å². The SMILES string of the molecule is C[C@@H]([C@H](/C=C/CO[Si](c1ccccc1)(c1ccccc1)C(C)(C)C)O[Si](C)(C)C(C)(C)C)[C@H](/C=C/B(O)O)O[Si](C)(C)C(C)(C)C. The largest absolute Gasteiger partial charge is 0.480 e. The summed E-state index contributed by atoms with van der Waals surface area (Å²) in [5.41, 5.74) is 0. The average Bonchev–Trinajstić information content (AvgIpc) is 2.93. The van der Waals surface area contributed by atoms with Gasteiger partial charge >= 0.3 is 7.12 Å². The minimum Gasteiger partial charge on any atom is -0.424 e. The third-order valence-electron chi connectivity index (χ3n) is 10.1. The summed E-state index contributed by atoms with van der Waals surface area (Å²) >= 11 is 0. The predicted molar refractivity (Wildman–Crippen MR) is 205 cm³/mol. The summed E-state index contributed by atoms with van der Waals surface area (Å²) in [5, 5.41) is 21.9. The van der Waals surface area contributed by atoms with E-state index in [0.29, 0.717) is 6.61 Å². The topological polar surface area (TPSA) is 68.2 Å². The van der Waals surface area contributed by atoms with Gasteiger partial charge in [-0.1, -0.05) is 154 Å². The Kier molecular flexibility index (Phi) is 13.9. The molecule has 0 amide bonds. The first-order valence-electron chi connectivity index (χ1n) is 16.8. The molecular formula is C37H63BO5Si3. The molecule has 2 rings (SSSR count). The monoisotopic (exact) mass is 682 g/mol. The molecule has 0 spiro atoms. The lowest BCUT2D eigenvalue weighted by Crippen LogP contribution is -2.66. The fourth-order valence-corrected chi connectivity index (χ4v) is 12.4. The minimum absolute atomic E-state index is 0.00804. The van der Waals surface area contributed by atoms with Gasteiger partial charge in [-0.3, -0.25) is 0 Å². The van der Waals surface area contributed by atoms with Crippen molar-refractivity contribution in [2.75, 3.05) is 6.61 Å². The fourth-order valence-electron chi connectivity index (χ4n) is 5.20. The molecule has 0 unspecified atom stereocenters. The van der Waals surface area contributed by atoms with Crippen molar-refractivity contribution in [1.82, 2.24) is 0 Å². The minimum atomic E-state index is -2.69. The molecule has 2 N–H and O–H groups in total. The molecule has 0 radical (unpaired) electrons. The van der Waals surface area contributed by atoms with Crippen molar-refractivity contribution in [3.8, 4) is 0 Å². The van der Waals surface area contributed by atoms with E-state index in [-0.39, 0.29) is 33.2 Å². The lowest BCUT2D eigenvalue weighted by Gasteiger charge is -2.44. The second-order valence-corrected chi connectivity index (χ2v) is 30.6. The third-order valence-corrected chi connectivity index (χ3v) is 24.1. The second kappa shape index (κ2) is 15.8. The van der Waals surface area contributed by atoms with Crippen LogP contribution in [-0.2, 0) is 13.3 Å². The quantitative estimate of drug-likeness (QED) is 0.156. The van der Waals surface area contributed by atoms with Crippen molar-refractivity contribution < 1.29 is 23.3 Å². The van der Waals surface area contributed by atoms with Crippen LogP contribution in [0.4, 0.5) is 0 Å². The lowest BCUT2D eigenvalue weighted by atomic mass is 9.88. The summed E-state index contributed by atoms with van der Waals surface area (Å²) in [7, 11) is -8.65. The zero-order chi connectivity index (χ0) is 35.2. The molecule has 2 aromatic rings. The summed E-state index contributed by atoms with van der Waals surface area (Å²) in [6.45, 7) is 31.9. The molecule has 0 saturated heterocycles. The maximum atomic E-state index is 9.75. The van der Waals surface area contributed by atoms with Crippen LogP contribution in [0.1, 0.15) is 69.2 Å².